The fraction of sp³-hybridized carbons (Fsp3) is 0.667. The van der Waals surface area contributed by atoms with Crippen LogP contribution in [-0.4, -0.2) is 68.9 Å². The fourth-order valence-corrected chi connectivity index (χ4v) is 5.54. The van der Waals surface area contributed by atoms with Gasteiger partial charge >= 0.3 is 0 Å². The van der Waals surface area contributed by atoms with Gasteiger partial charge in [-0.3, -0.25) is 9.89 Å². The van der Waals surface area contributed by atoms with E-state index in [1.54, 1.807) is 23.5 Å². The monoisotopic (exact) mass is 549 g/mol. The van der Waals surface area contributed by atoms with Crippen molar-refractivity contribution < 1.29 is 8.42 Å². The molecule has 7 nitrogen and oxygen atoms in total. The van der Waals surface area contributed by atoms with Crippen molar-refractivity contribution in [2.24, 2.45) is 10.9 Å². The number of benzene rings is 1. The lowest BCUT2D eigenvalue weighted by atomic mass is 10.1. The molecule has 2 aliphatic heterocycles. The minimum Gasteiger partial charge on any atom is -0.352 e. The Morgan fingerprint density at radius 3 is 2.33 bits per heavy atom. The number of sulfonamides is 1. The summed E-state index contributed by atoms with van der Waals surface area (Å²) in [6.45, 7) is 10.7. The number of hydrogen-bond acceptors (Lipinski definition) is 4. The summed E-state index contributed by atoms with van der Waals surface area (Å²) >= 11 is 0. The van der Waals surface area contributed by atoms with Crippen LogP contribution in [0.25, 0.3) is 0 Å². The smallest absolute Gasteiger partial charge is 0.243 e. The number of likely N-dealkylation sites (tertiary alicyclic amines) is 1. The molecular weight excluding hydrogens is 513 g/mol. The van der Waals surface area contributed by atoms with Gasteiger partial charge < -0.3 is 10.6 Å². The van der Waals surface area contributed by atoms with Crippen molar-refractivity contribution in [2.45, 2.75) is 57.1 Å². The minimum absolute atomic E-state index is 0. The third kappa shape index (κ3) is 6.08. The number of nitrogens with one attached hydrogen (secondary N) is 2. The zero-order valence-electron chi connectivity index (χ0n) is 18.5. The highest BCUT2D eigenvalue weighted by Crippen LogP contribution is 2.21. The Labute approximate surface area is 198 Å². The van der Waals surface area contributed by atoms with E-state index in [1.807, 2.05) is 12.1 Å². The number of nitrogens with zero attached hydrogens (tertiary/aromatic N) is 3. The maximum atomic E-state index is 12.6. The van der Waals surface area contributed by atoms with E-state index in [9.17, 15) is 8.42 Å². The quantitative estimate of drug-likeness (QED) is 0.324. The topological polar surface area (TPSA) is 77.0 Å². The number of aliphatic imine (C=N–C) groups is 1. The molecule has 2 aliphatic rings. The van der Waals surface area contributed by atoms with E-state index >= 15 is 0 Å². The van der Waals surface area contributed by atoms with Gasteiger partial charge in [0.2, 0.25) is 10.0 Å². The van der Waals surface area contributed by atoms with Crippen molar-refractivity contribution in [3.63, 3.8) is 0 Å². The van der Waals surface area contributed by atoms with Gasteiger partial charge in [-0.15, -0.1) is 24.0 Å². The molecule has 2 fully saturated rings. The highest BCUT2D eigenvalue weighted by Gasteiger charge is 2.31. The number of guanidine groups is 1. The molecule has 2 saturated heterocycles. The molecule has 0 aliphatic carbocycles. The van der Waals surface area contributed by atoms with E-state index in [2.05, 4.69) is 41.3 Å². The van der Waals surface area contributed by atoms with Crippen LogP contribution >= 0.6 is 24.0 Å². The molecule has 170 valence electrons. The zero-order valence-corrected chi connectivity index (χ0v) is 21.6. The lowest BCUT2D eigenvalue weighted by Crippen LogP contribution is -2.46. The van der Waals surface area contributed by atoms with Crippen molar-refractivity contribution in [3.8, 4) is 0 Å². The largest absolute Gasteiger partial charge is 0.352 e. The molecule has 1 aromatic carbocycles. The lowest BCUT2D eigenvalue weighted by molar-refractivity contribution is 0.265. The molecule has 0 radical (unpaired) electrons. The second kappa shape index (κ2) is 11.1. The molecular formula is C21H36IN5O2S. The van der Waals surface area contributed by atoms with Gasteiger partial charge in [0.25, 0.3) is 0 Å². The van der Waals surface area contributed by atoms with Crippen molar-refractivity contribution >= 4 is 40.0 Å². The van der Waals surface area contributed by atoms with Crippen LogP contribution in [0.3, 0.4) is 0 Å². The molecule has 30 heavy (non-hydrogen) atoms. The maximum Gasteiger partial charge on any atom is 0.243 e. The molecule has 0 bridgehead atoms. The standard InChI is InChI=1S/C21H35N5O2S.HI/c1-16(2)25-14-17(3)20(15-25)24-21(22-4)23-13-18-7-9-19(10-8-18)29(27,28)26-11-5-6-12-26;/h7-10,16-17,20H,5-6,11-15H2,1-4H3,(H2,22,23,24);1H. The fourth-order valence-electron chi connectivity index (χ4n) is 4.03. The summed E-state index contributed by atoms with van der Waals surface area (Å²) in [5.41, 5.74) is 1.02. The number of halogens is 1. The molecule has 9 heteroatoms. The highest BCUT2D eigenvalue weighted by atomic mass is 127. The predicted molar refractivity (Wildman–Crippen MR) is 133 cm³/mol. The van der Waals surface area contributed by atoms with Crippen molar-refractivity contribution in [1.82, 2.24) is 19.8 Å². The van der Waals surface area contributed by atoms with Gasteiger partial charge in [-0.05, 0) is 50.3 Å². The van der Waals surface area contributed by atoms with Gasteiger partial charge in [0, 0.05) is 51.9 Å². The Kier molecular flexibility index (Phi) is 9.38. The third-order valence-electron chi connectivity index (χ3n) is 6.00. The van der Waals surface area contributed by atoms with Gasteiger partial charge in [0.15, 0.2) is 5.96 Å². The number of hydrogen-bond donors (Lipinski definition) is 2. The van der Waals surface area contributed by atoms with Crippen LogP contribution in [0.15, 0.2) is 34.2 Å². The Morgan fingerprint density at radius 1 is 1.17 bits per heavy atom. The van der Waals surface area contributed by atoms with Crippen LogP contribution in [0.2, 0.25) is 0 Å². The normalized spacial score (nSPS) is 23.6. The molecule has 2 atom stereocenters. The van der Waals surface area contributed by atoms with E-state index in [1.165, 1.54) is 0 Å². The van der Waals surface area contributed by atoms with E-state index < -0.39 is 10.0 Å². The summed E-state index contributed by atoms with van der Waals surface area (Å²) in [6, 6.07) is 8.09. The first-order chi connectivity index (χ1) is 13.8. The first kappa shape index (κ1) is 25.4. The van der Waals surface area contributed by atoms with Crippen LogP contribution < -0.4 is 10.6 Å². The Hall–Kier alpha value is -0.910. The molecule has 0 spiro atoms. The van der Waals surface area contributed by atoms with Crippen LogP contribution in [0.1, 0.15) is 39.2 Å². The van der Waals surface area contributed by atoms with Gasteiger partial charge in [0.1, 0.15) is 0 Å². The summed E-state index contributed by atoms with van der Waals surface area (Å²) in [6.07, 6.45) is 1.89. The van der Waals surface area contributed by atoms with E-state index in [0.717, 1.165) is 37.5 Å². The summed E-state index contributed by atoms with van der Waals surface area (Å²) in [4.78, 5) is 7.21. The average Bonchev–Trinajstić information content (AvgIpc) is 3.36. The van der Waals surface area contributed by atoms with Gasteiger partial charge in [-0.2, -0.15) is 4.31 Å². The molecule has 0 saturated carbocycles. The van der Waals surface area contributed by atoms with Crippen LogP contribution in [0, 0.1) is 5.92 Å². The molecule has 0 amide bonds. The molecule has 1 aromatic rings. The van der Waals surface area contributed by atoms with E-state index in [0.29, 0.717) is 42.5 Å². The summed E-state index contributed by atoms with van der Waals surface area (Å²) in [5, 5.41) is 6.89. The minimum atomic E-state index is -3.35. The highest BCUT2D eigenvalue weighted by molar-refractivity contribution is 14.0. The molecule has 2 heterocycles. The average molecular weight is 550 g/mol. The first-order valence-corrected chi connectivity index (χ1v) is 12.1. The lowest BCUT2D eigenvalue weighted by Gasteiger charge is -2.22. The van der Waals surface area contributed by atoms with Gasteiger partial charge in [-0.1, -0.05) is 19.1 Å². The zero-order chi connectivity index (χ0) is 21.0. The van der Waals surface area contributed by atoms with Gasteiger partial charge in [-0.25, -0.2) is 8.42 Å². The first-order valence-electron chi connectivity index (χ1n) is 10.6. The van der Waals surface area contributed by atoms with Crippen LogP contribution in [0.4, 0.5) is 0 Å². The van der Waals surface area contributed by atoms with Gasteiger partial charge in [0.05, 0.1) is 4.90 Å². The second-order valence-electron chi connectivity index (χ2n) is 8.46. The molecule has 0 aromatic heterocycles. The van der Waals surface area contributed by atoms with E-state index in [4.69, 9.17) is 0 Å². The number of rotatable bonds is 6. The Balaban J connectivity index is 0.00000320. The predicted octanol–water partition coefficient (Wildman–Crippen LogP) is 2.48. The van der Waals surface area contributed by atoms with Crippen molar-refractivity contribution in [2.75, 3.05) is 33.2 Å². The second-order valence-corrected chi connectivity index (χ2v) is 10.4. The third-order valence-corrected chi connectivity index (χ3v) is 7.92. The molecule has 2 N–H and O–H groups in total. The van der Waals surface area contributed by atoms with Crippen LogP contribution in [-0.2, 0) is 16.6 Å². The SMILES string of the molecule is CN=C(NCc1ccc(S(=O)(=O)N2CCCC2)cc1)NC1CN(C(C)C)CC1C.I. The molecule has 2 unspecified atom stereocenters. The summed E-state index contributed by atoms with van der Waals surface area (Å²) in [7, 11) is -1.57. The van der Waals surface area contributed by atoms with Crippen molar-refractivity contribution in [3.05, 3.63) is 29.8 Å². The maximum absolute atomic E-state index is 12.6. The summed E-state index contributed by atoms with van der Waals surface area (Å²) < 4.78 is 26.8. The summed E-state index contributed by atoms with van der Waals surface area (Å²) in [5.74, 6) is 1.34. The molecule has 3 rings (SSSR count). The van der Waals surface area contributed by atoms with Crippen LogP contribution in [0.5, 0.6) is 0 Å². The Bertz CT molecular complexity index is 807. The van der Waals surface area contributed by atoms with Crippen molar-refractivity contribution in [1.29, 1.82) is 0 Å². The Morgan fingerprint density at radius 2 is 1.80 bits per heavy atom. The van der Waals surface area contributed by atoms with E-state index in [-0.39, 0.29) is 24.0 Å².